The van der Waals surface area contributed by atoms with E-state index in [-0.39, 0.29) is 69.0 Å². The van der Waals surface area contributed by atoms with Gasteiger partial charge in [0.2, 0.25) is 11.8 Å². The summed E-state index contributed by atoms with van der Waals surface area (Å²) in [6, 6.07) is 3.43. The van der Waals surface area contributed by atoms with E-state index in [1.807, 2.05) is 0 Å². The fourth-order valence-corrected chi connectivity index (χ4v) is 6.38. The van der Waals surface area contributed by atoms with Crippen molar-refractivity contribution < 1.29 is 31.9 Å². The Hall–Kier alpha value is -3.23. The summed E-state index contributed by atoms with van der Waals surface area (Å²) in [5.74, 6) is -6.68. The molecule has 228 valence electrons. The van der Waals surface area contributed by atoms with E-state index in [4.69, 9.17) is 9.72 Å². The van der Waals surface area contributed by atoms with Crippen molar-refractivity contribution in [2.75, 3.05) is 0 Å². The Balaban J connectivity index is 1.39. The monoisotopic (exact) mass is 591 g/mol. The van der Waals surface area contributed by atoms with E-state index in [0.29, 0.717) is 29.7 Å². The first kappa shape index (κ1) is 30.2. The highest BCUT2D eigenvalue weighted by Crippen LogP contribution is 2.57. The van der Waals surface area contributed by atoms with Gasteiger partial charge in [-0.25, -0.2) is 31.9 Å². The lowest BCUT2D eigenvalue weighted by molar-refractivity contribution is -0.132. The van der Waals surface area contributed by atoms with Crippen molar-refractivity contribution >= 4 is 17.5 Å². The number of ketones is 1. The molecule has 2 aromatic rings. The first-order valence-corrected chi connectivity index (χ1v) is 14.6. The molecular weight excluding hydrogens is 554 g/mol. The number of nitrogens with zero attached hydrogens (tertiary/aromatic N) is 4. The highest BCUT2D eigenvalue weighted by molar-refractivity contribution is 5.80. The molecule has 0 radical (unpaired) electrons. The summed E-state index contributed by atoms with van der Waals surface area (Å²) in [6.45, 7) is 5.20. The second-order valence-electron chi connectivity index (χ2n) is 13.5. The van der Waals surface area contributed by atoms with Gasteiger partial charge in [0, 0.05) is 44.4 Å². The molecule has 3 fully saturated rings. The van der Waals surface area contributed by atoms with Crippen LogP contribution in [0.5, 0.6) is 0 Å². The molecule has 2 atom stereocenters. The third-order valence-electron chi connectivity index (χ3n) is 8.79. The van der Waals surface area contributed by atoms with Crippen molar-refractivity contribution in [3.63, 3.8) is 0 Å². The van der Waals surface area contributed by atoms with Gasteiger partial charge < -0.3 is 10.1 Å². The fourth-order valence-electron chi connectivity index (χ4n) is 6.38. The number of aromatic nitrogens is 3. The summed E-state index contributed by atoms with van der Waals surface area (Å²) in [7, 11) is 0. The van der Waals surface area contributed by atoms with Crippen LogP contribution in [-0.2, 0) is 9.53 Å². The summed E-state index contributed by atoms with van der Waals surface area (Å²) in [6.07, 6.45) is 3.17. The van der Waals surface area contributed by atoms with E-state index in [1.165, 1.54) is 4.52 Å². The van der Waals surface area contributed by atoms with Crippen molar-refractivity contribution in [2.24, 2.45) is 17.3 Å². The second-order valence-corrected chi connectivity index (χ2v) is 13.5. The van der Waals surface area contributed by atoms with Crippen LogP contribution in [0.1, 0.15) is 108 Å². The lowest BCUT2D eigenvalue weighted by Gasteiger charge is -2.34. The summed E-state index contributed by atoms with van der Waals surface area (Å²) < 4.78 is 61.4. The SMILES string of the molecule is CC(C)(C)OC(=O)N[C@H](c1cn2ncc([C@H](CC(=O)CC3CC(F)(F)C3)C3(C#N)CC3)cc2n1)C1CCC(F)(F)CC1. The number of nitrogens with one attached hydrogen (secondary N) is 1. The van der Waals surface area contributed by atoms with Crippen LogP contribution in [0, 0.1) is 28.6 Å². The molecule has 3 saturated carbocycles. The summed E-state index contributed by atoms with van der Waals surface area (Å²) in [4.78, 5) is 30.3. The molecule has 0 unspecified atom stereocenters. The third-order valence-corrected chi connectivity index (χ3v) is 8.79. The first-order valence-electron chi connectivity index (χ1n) is 14.6. The Labute approximate surface area is 242 Å². The third kappa shape index (κ3) is 6.87. The van der Waals surface area contributed by atoms with Crippen LogP contribution < -0.4 is 5.32 Å². The quantitative estimate of drug-likeness (QED) is 0.318. The standard InChI is InChI=1S/C30H37F4N5O3/c1-27(2,3)42-26(41)38-25(19-4-6-29(31,32)7-5-19)23-16-39-24(37-23)11-20(15-36-39)22(28(17-35)8-9-28)12-21(40)10-18-13-30(33,34)14-18/h11,15-16,18-19,22,25H,4-10,12-14H2,1-3H3,(H,38,41)/t22-,25-/m0/s1. The molecule has 1 amide bonds. The van der Waals surface area contributed by atoms with Crippen LogP contribution in [0.25, 0.3) is 5.65 Å². The maximum absolute atomic E-state index is 13.9. The van der Waals surface area contributed by atoms with Crippen molar-refractivity contribution in [1.82, 2.24) is 19.9 Å². The lowest BCUT2D eigenvalue weighted by Crippen LogP contribution is -2.40. The molecule has 0 aliphatic heterocycles. The molecule has 12 heteroatoms. The predicted molar refractivity (Wildman–Crippen MR) is 144 cm³/mol. The van der Waals surface area contributed by atoms with Gasteiger partial charge in [-0.3, -0.25) is 4.79 Å². The molecule has 5 rings (SSSR count). The number of hydrogen-bond donors (Lipinski definition) is 1. The molecule has 0 saturated heterocycles. The average Bonchev–Trinajstić information content (AvgIpc) is 3.54. The van der Waals surface area contributed by atoms with Gasteiger partial charge in [0.25, 0.3) is 0 Å². The van der Waals surface area contributed by atoms with Crippen molar-refractivity contribution in [3.8, 4) is 6.07 Å². The molecule has 8 nitrogen and oxygen atoms in total. The van der Waals surface area contributed by atoms with Gasteiger partial charge in [0.05, 0.1) is 35.6 Å². The minimum atomic E-state index is -2.74. The number of fused-ring (bicyclic) bond motifs is 1. The number of rotatable bonds is 9. The molecular formula is C30H37F4N5O3. The number of imidazole rings is 1. The molecule has 0 spiro atoms. The van der Waals surface area contributed by atoms with E-state index in [0.717, 1.165) is 0 Å². The zero-order chi connectivity index (χ0) is 30.5. The first-order chi connectivity index (χ1) is 19.6. The number of ether oxygens (including phenoxy) is 1. The van der Waals surface area contributed by atoms with E-state index in [2.05, 4.69) is 16.5 Å². The molecule has 42 heavy (non-hydrogen) atoms. The molecule has 0 aromatic carbocycles. The number of Topliss-reactive ketones (excluding diaryl/α,β-unsaturated/α-hetero) is 1. The van der Waals surface area contributed by atoms with Crippen LogP contribution in [0.15, 0.2) is 18.5 Å². The lowest BCUT2D eigenvalue weighted by atomic mass is 9.75. The smallest absolute Gasteiger partial charge is 0.408 e. The van der Waals surface area contributed by atoms with Gasteiger partial charge in [-0.1, -0.05) is 0 Å². The average molecular weight is 592 g/mol. The normalized spacial score (nSPS) is 22.9. The van der Waals surface area contributed by atoms with Crippen molar-refractivity contribution in [3.05, 3.63) is 29.7 Å². The van der Waals surface area contributed by atoms with E-state index >= 15 is 0 Å². The van der Waals surface area contributed by atoms with E-state index < -0.39 is 40.9 Å². The maximum atomic E-state index is 13.9. The highest BCUT2D eigenvalue weighted by atomic mass is 19.3. The Morgan fingerprint density at radius 3 is 2.38 bits per heavy atom. The topological polar surface area (TPSA) is 109 Å². The number of alkyl carbamates (subject to hydrolysis) is 1. The second kappa shape index (κ2) is 10.8. The Bertz CT molecular complexity index is 1370. The van der Waals surface area contributed by atoms with Crippen molar-refractivity contribution in [1.29, 1.82) is 5.26 Å². The van der Waals surface area contributed by atoms with Crippen molar-refractivity contribution in [2.45, 2.75) is 114 Å². The number of carbonyl (C=O) groups excluding carboxylic acids is 2. The van der Waals surface area contributed by atoms with Gasteiger partial charge in [0.1, 0.15) is 11.4 Å². The number of alkyl halides is 4. The summed E-state index contributed by atoms with van der Waals surface area (Å²) >= 11 is 0. The fraction of sp³-hybridized carbons (Fsp3) is 0.700. The molecule has 3 aliphatic rings. The Kier molecular flexibility index (Phi) is 7.77. The van der Waals surface area contributed by atoms with Crippen LogP contribution >= 0.6 is 0 Å². The molecule has 2 aromatic heterocycles. The largest absolute Gasteiger partial charge is 0.444 e. The molecule has 0 bridgehead atoms. The minimum absolute atomic E-state index is 0.0557. The van der Waals surface area contributed by atoms with Gasteiger partial charge >= 0.3 is 6.09 Å². The Morgan fingerprint density at radius 2 is 1.81 bits per heavy atom. The van der Waals surface area contributed by atoms with E-state index in [9.17, 15) is 32.4 Å². The minimum Gasteiger partial charge on any atom is -0.444 e. The maximum Gasteiger partial charge on any atom is 0.408 e. The van der Waals surface area contributed by atoms with E-state index in [1.54, 1.807) is 39.2 Å². The summed E-state index contributed by atoms with van der Waals surface area (Å²) in [5, 5.41) is 17.2. The number of halogens is 4. The molecule has 2 heterocycles. The zero-order valence-corrected chi connectivity index (χ0v) is 24.1. The molecule has 1 N–H and O–H groups in total. The molecule has 3 aliphatic carbocycles. The zero-order valence-electron chi connectivity index (χ0n) is 24.1. The van der Waals surface area contributed by atoms with Crippen LogP contribution in [-0.4, -0.2) is 43.9 Å². The van der Waals surface area contributed by atoms with Gasteiger partial charge in [-0.05, 0) is 69.9 Å². The number of hydrogen-bond acceptors (Lipinski definition) is 6. The van der Waals surface area contributed by atoms with Gasteiger partial charge in [-0.2, -0.15) is 10.4 Å². The van der Waals surface area contributed by atoms with Crippen LogP contribution in [0.4, 0.5) is 22.4 Å². The highest BCUT2D eigenvalue weighted by Gasteiger charge is 2.52. The number of carbonyl (C=O) groups is 2. The predicted octanol–water partition coefficient (Wildman–Crippen LogP) is 6.90. The van der Waals surface area contributed by atoms with Gasteiger partial charge in [-0.15, -0.1) is 0 Å². The van der Waals surface area contributed by atoms with Gasteiger partial charge in [0.15, 0.2) is 5.65 Å². The van der Waals surface area contributed by atoms with Crippen LogP contribution in [0.3, 0.4) is 0 Å². The number of nitriles is 1. The van der Waals surface area contributed by atoms with Crippen LogP contribution in [0.2, 0.25) is 0 Å². The number of amides is 1. The summed E-state index contributed by atoms with van der Waals surface area (Å²) in [5.41, 5.74) is 0.0442. The Morgan fingerprint density at radius 1 is 1.14 bits per heavy atom.